The molecule has 0 bridgehead atoms. The van der Waals surface area contributed by atoms with Crippen molar-refractivity contribution in [2.75, 3.05) is 37.6 Å². The largest absolute Gasteiger partial charge is 0.369 e. The minimum atomic E-state index is 1.10. The molecule has 0 aliphatic carbocycles. The van der Waals surface area contributed by atoms with Crippen LogP contribution in [0.4, 0.5) is 5.69 Å². The van der Waals surface area contributed by atoms with E-state index in [1.54, 1.807) is 12.7 Å². The Hall–Kier alpha value is -1.88. The summed E-state index contributed by atoms with van der Waals surface area (Å²) < 4.78 is 1.92. The third-order valence-electron chi connectivity index (χ3n) is 3.75. The lowest BCUT2D eigenvalue weighted by Gasteiger charge is -2.35. The highest BCUT2D eigenvalue weighted by atomic mass is 15.3. The summed E-state index contributed by atoms with van der Waals surface area (Å²) in [5.41, 5.74) is 2.40. The SMILES string of the molecule is CCN1CCN(c2ccc(-n3cnnc3)cc2)CC1. The van der Waals surface area contributed by atoms with Crippen molar-refractivity contribution in [3.05, 3.63) is 36.9 Å². The molecular formula is C14H19N5. The van der Waals surface area contributed by atoms with Crippen molar-refractivity contribution < 1.29 is 0 Å². The fraction of sp³-hybridized carbons (Fsp3) is 0.429. The molecule has 1 aromatic carbocycles. The Morgan fingerprint density at radius 3 is 2.05 bits per heavy atom. The molecule has 0 saturated carbocycles. The first-order valence-electron chi connectivity index (χ1n) is 6.79. The highest BCUT2D eigenvalue weighted by molar-refractivity contribution is 5.51. The van der Waals surface area contributed by atoms with Gasteiger partial charge in [0.05, 0.1) is 0 Å². The number of likely N-dealkylation sites (N-methyl/N-ethyl adjacent to an activating group) is 1. The van der Waals surface area contributed by atoms with Gasteiger partial charge in [-0.1, -0.05) is 6.92 Å². The monoisotopic (exact) mass is 257 g/mol. The second kappa shape index (κ2) is 5.40. The van der Waals surface area contributed by atoms with Crippen molar-refractivity contribution in [3.8, 4) is 5.69 Å². The van der Waals surface area contributed by atoms with E-state index in [4.69, 9.17) is 0 Å². The van der Waals surface area contributed by atoms with Crippen LogP contribution < -0.4 is 4.90 Å². The van der Waals surface area contributed by atoms with Crippen molar-refractivity contribution in [1.29, 1.82) is 0 Å². The number of nitrogens with zero attached hydrogens (tertiary/aromatic N) is 5. The Balaban J connectivity index is 1.70. The maximum absolute atomic E-state index is 3.83. The van der Waals surface area contributed by atoms with Gasteiger partial charge in [-0.3, -0.25) is 4.57 Å². The molecule has 2 aromatic rings. The number of benzene rings is 1. The van der Waals surface area contributed by atoms with Gasteiger partial charge < -0.3 is 9.80 Å². The molecule has 1 fully saturated rings. The second-order valence-electron chi connectivity index (χ2n) is 4.81. The van der Waals surface area contributed by atoms with Crippen LogP contribution in [0, 0.1) is 0 Å². The second-order valence-corrected chi connectivity index (χ2v) is 4.81. The molecule has 5 heteroatoms. The van der Waals surface area contributed by atoms with Crippen LogP contribution in [0.2, 0.25) is 0 Å². The molecule has 19 heavy (non-hydrogen) atoms. The van der Waals surface area contributed by atoms with Gasteiger partial charge in [0.15, 0.2) is 0 Å². The Kier molecular flexibility index (Phi) is 3.46. The van der Waals surface area contributed by atoms with Gasteiger partial charge in [-0.25, -0.2) is 0 Å². The van der Waals surface area contributed by atoms with Crippen LogP contribution in [0.1, 0.15) is 6.92 Å². The van der Waals surface area contributed by atoms with E-state index in [1.165, 1.54) is 5.69 Å². The lowest BCUT2D eigenvalue weighted by atomic mass is 10.2. The number of anilines is 1. The van der Waals surface area contributed by atoms with Crippen LogP contribution in [0.5, 0.6) is 0 Å². The fourth-order valence-corrected chi connectivity index (χ4v) is 2.49. The highest BCUT2D eigenvalue weighted by Crippen LogP contribution is 2.18. The van der Waals surface area contributed by atoms with Gasteiger partial charge in [0, 0.05) is 37.6 Å². The maximum atomic E-state index is 3.83. The summed E-state index contributed by atoms with van der Waals surface area (Å²) in [4.78, 5) is 4.93. The van der Waals surface area contributed by atoms with E-state index >= 15 is 0 Å². The first-order valence-corrected chi connectivity index (χ1v) is 6.79. The molecule has 0 unspecified atom stereocenters. The van der Waals surface area contributed by atoms with Crippen LogP contribution in [0.15, 0.2) is 36.9 Å². The predicted octanol–water partition coefficient (Wildman–Crippen LogP) is 1.41. The number of rotatable bonds is 3. The van der Waals surface area contributed by atoms with Crippen molar-refractivity contribution in [2.24, 2.45) is 0 Å². The Morgan fingerprint density at radius 2 is 1.47 bits per heavy atom. The lowest BCUT2D eigenvalue weighted by molar-refractivity contribution is 0.271. The molecule has 1 aromatic heterocycles. The number of piperazine rings is 1. The van der Waals surface area contributed by atoms with E-state index in [1.807, 2.05) is 4.57 Å². The van der Waals surface area contributed by atoms with Crippen molar-refractivity contribution in [3.63, 3.8) is 0 Å². The molecule has 1 aliphatic rings. The third kappa shape index (κ3) is 2.61. The quantitative estimate of drug-likeness (QED) is 0.833. The van der Waals surface area contributed by atoms with E-state index in [2.05, 4.69) is 51.2 Å². The van der Waals surface area contributed by atoms with E-state index < -0.39 is 0 Å². The minimum absolute atomic E-state index is 1.10. The highest BCUT2D eigenvalue weighted by Gasteiger charge is 2.15. The van der Waals surface area contributed by atoms with Crippen LogP contribution in [0.25, 0.3) is 5.69 Å². The Morgan fingerprint density at radius 1 is 0.895 bits per heavy atom. The molecule has 3 rings (SSSR count). The van der Waals surface area contributed by atoms with Crippen LogP contribution >= 0.6 is 0 Å². The molecule has 100 valence electrons. The zero-order valence-corrected chi connectivity index (χ0v) is 11.2. The molecule has 0 radical (unpaired) electrons. The molecule has 0 amide bonds. The molecule has 2 heterocycles. The average molecular weight is 257 g/mol. The summed E-state index contributed by atoms with van der Waals surface area (Å²) in [6.45, 7) is 7.91. The molecule has 0 spiro atoms. The zero-order chi connectivity index (χ0) is 13.1. The van der Waals surface area contributed by atoms with Gasteiger partial charge in [-0.05, 0) is 30.8 Å². The summed E-state index contributed by atoms with van der Waals surface area (Å²) in [7, 11) is 0. The third-order valence-corrected chi connectivity index (χ3v) is 3.75. The van der Waals surface area contributed by atoms with Gasteiger partial charge in [0.1, 0.15) is 12.7 Å². The van der Waals surface area contributed by atoms with Gasteiger partial charge in [-0.2, -0.15) is 0 Å². The first-order chi connectivity index (χ1) is 9.36. The molecule has 0 N–H and O–H groups in total. The molecule has 1 saturated heterocycles. The number of hydrogen-bond donors (Lipinski definition) is 0. The molecule has 0 atom stereocenters. The van der Waals surface area contributed by atoms with E-state index in [9.17, 15) is 0 Å². The van der Waals surface area contributed by atoms with Crippen LogP contribution in [-0.4, -0.2) is 52.4 Å². The van der Waals surface area contributed by atoms with Gasteiger partial charge in [0.2, 0.25) is 0 Å². The topological polar surface area (TPSA) is 37.2 Å². The van der Waals surface area contributed by atoms with Gasteiger partial charge in [-0.15, -0.1) is 10.2 Å². The number of hydrogen-bond acceptors (Lipinski definition) is 4. The first kappa shape index (κ1) is 12.2. The summed E-state index contributed by atoms with van der Waals surface area (Å²) in [5.74, 6) is 0. The molecular weight excluding hydrogens is 238 g/mol. The van der Waals surface area contributed by atoms with Crippen molar-refractivity contribution in [2.45, 2.75) is 6.92 Å². The standard InChI is InChI=1S/C14H19N5/c1-2-17-7-9-18(10-8-17)13-3-5-14(6-4-13)19-11-15-16-12-19/h3-6,11-12H,2,7-10H2,1H3. The summed E-state index contributed by atoms with van der Waals surface area (Å²) >= 11 is 0. The van der Waals surface area contributed by atoms with Crippen molar-refractivity contribution in [1.82, 2.24) is 19.7 Å². The van der Waals surface area contributed by atoms with Crippen molar-refractivity contribution >= 4 is 5.69 Å². The van der Waals surface area contributed by atoms with Crippen LogP contribution in [0.3, 0.4) is 0 Å². The normalized spacial score (nSPS) is 16.8. The maximum Gasteiger partial charge on any atom is 0.123 e. The van der Waals surface area contributed by atoms with E-state index in [0.717, 1.165) is 38.4 Å². The van der Waals surface area contributed by atoms with Gasteiger partial charge >= 0.3 is 0 Å². The van der Waals surface area contributed by atoms with E-state index in [-0.39, 0.29) is 0 Å². The average Bonchev–Trinajstić information content (AvgIpc) is 3.02. The number of aromatic nitrogens is 3. The zero-order valence-electron chi connectivity index (χ0n) is 11.2. The minimum Gasteiger partial charge on any atom is -0.369 e. The predicted molar refractivity (Wildman–Crippen MR) is 75.7 cm³/mol. The summed E-state index contributed by atoms with van der Waals surface area (Å²) in [6.07, 6.45) is 3.43. The van der Waals surface area contributed by atoms with E-state index in [0.29, 0.717) is 0 Å². The molecule has 1 aliphatic heterocycles. The van der Waals surface area contributed by atoms with Gasteiger partial charge in [0.25, 0.3) is 0 Å². The van der Waals surface area contributed by atoms with Crippen LogP contribution in [-0.2, 0) is 0 Å². The Bertz CT molecular complexity index is 497. The summed E-state index contributed by atoms with van der Waals surface area (Å²) in [5, 5.41) is 7.65. The fourth-order valence-electron chi connectivity index (χ4n) is 2.49. The lowest BCUT2D eigenvalue weighted by Crippen LogP contribution is -2.46. The molecule has 5 nitrogen and oxygen atoms in total. The summed E-state index contributed by atoms with van der Waals surface area (Å²) in [6, 6.07) is 8.59. The smallest absolute Gasteiger partial charge is 0.123 e. The Labute approximate surface area is 113 Å².